The van der Waals surface area contributed by atoms with E-state index in [4.69, 9.17) is 13.6 Å². The number of carbonyl (C=O) groups excluding carboxylic acids is 1. The highest BCUT2D eigenvalue weighted by atomic mass is 16.5. The Morgan fingerprint density at radius 3 is 2.69 bits per heavy atom. The largest absolute Gasteiger partial charge is 0.459 e. The smallest absolute Gasteiger partial charge is 0.263 e. The Morgan fingerprint density at radius 2 is 1.97 bits per heavy atom. The first-order chi connectivity index (χ1) is 14.1. The summed E-state index contributed by atoms with van der Waals surface area (Å²) in [7, 11) is 0. The van der Waals surface area contributed by atoms with Crippen LogP contribution in [0.1, 0.15) is 35.4 Å². The van der Waals surface area contributed by atoms with Crippen molar-refractivity contribution in [3.8, 4) is 11.7 Å². The van der Waals surface area contributed by atoms with E-state index < -0.39 is 0 Å². The topological polar surface area (TPSA) is 68.7 Å². The van der Waals surface area contributed by atoms with Crippen LogP contribution >= 0.6 is 0 Å². The van der Waals surface area contributed by atoms with Crippen LogP contribution in [0.2, 0.25) is 0 Å². The summed E-state index contributed by atoms with van der Waals surface area (Å²) in [6, 6.07) is 11.9. The van der Waals surface area contributed by atoms with Crippen LogP contribution in [0.4, 0.5) is 0 Å². The van der Waals surface area contributed by atoms with Gasteiger partial charge < -0.3 is 18.5 Å². The maximum absolute atomic E-state index is 12.7. The zero-order valence-electron chi connectivity index (χ0n) is 16.9. The third-order valence-corrected chi connectivity index (χ3v) is 5.47. The maximum atomic E-state index is 12.7. The van der Waals surface area contributed by atoms with Crippen LogP contribution in [0.25, 0.3) is 11.7 Å². The third kappa shape index (κ3) is 4.59. The lowest BCUT2D eigenvalue weighted by Crippen LogP contribution is -2.41. The fourth-order valence-electron chi connectivity index (χ4n) is 3.60. The molecule has 3 aromatic rings. The van der Waals surface area contributed by atoms with Gasteiger partial charge >= 0.3 is 0 Å². The molecule has 0 radical (unpaired) electrons. The van der Waals surface area contributed by atoms with Crippen molar-refractivity contribution in [2.75, 3.05) is 13.1 Å². The monoisotopic (exact) mass is 394 g/mol. The number of oxazole rings is 1. The van der Waals surface area contributed by atoms with Crippen molar-refractivity contribution >= 4 is 5.91 Å². The van der Waals surface area contributed by atoms with Gasteiger partial charge in [0, 0.05) is 13.1 Å². The summed E-state index contributed by atoms with van der Waals surface area (Å²) in [6.07, 6.45) is 3.72. The van der Waals surface area contributed by atoms with E-state index in [1.807, 2.05) is 24.0 Å². The number of hydrogen-bond acceptors (Lipinski definition) is 5. The number of benzene rings is 1. The Kier molecular flexibility index (Phi) is 5.81. The maximum Gasteiger partial charge on any atom is 0.263 e. The Morgan fingerprint density at radius 1 is 1.17 bits per heavy atom. The van der Waals surface area contributed by atoms with Gasteiger partial charge in [-0.3, -0.25) is 4.79 Å². The molecule has 6 heteroatoms. The molecule has 0 N–H and O–H groups in total. The van der Waals surface area contributed by atoms with Gasteiger partial charge in [-0.05, 0) is 49.9 Å². The highest BCUT2D eigenvalue weighted by Crippen LogP contribution is 2.23. The van der Waals surface area contributed by atoms with Crippen LogP contribution in [-0.2, 0) is 22.6 Å². The molecule has 0 aliphatic carbocycles. The van der Waals surface area contributed by atoms with Gasteiger partial charge in [-0.15, -0.1) is 0 Å². The minimum Gasteiger partial charge on any atom is -0.459 e. The minimum absolute atomic E-state index is 0.0738. The molecule has 1 saturated heterocycles. The molecule has 152 valence electrons. The number of aryl methyl sites for hydroxylation is 2. The number of ether oxygens (including phenoxy) is 1. The van der Waals surface area contributed by atoms with E-state index in [0.717, 1.165) is 12.8 Å². The van der Waals surface area contributed by atoms with Crippen LogP contribution in [0.3, 0.4) is 0 Å². The molecule has 3 heterocycles. The molecule has 4 rings (SSSR count). The second-order valence-electron chi connectivity index (χ2n) is 7.49. The van der Waals surface area contributed by atoms with Gasteiger partial charge in [0.25, 0.3) is 5.89 Å². The Balaban J connectivity index is 1.28. The van der Waals surface area contributed by atoms with Gasteiger partial charge in [-0.25, -0.2) is 4.98 Å². The number of nitrogens with zero attached hydrogens (tertiary/aromatic N) is 2. The Hall–Kier alpha value is -2.86. The van der Waals surface area contributed by atoms with Crippen molar-refractivity contribution in [2.24, 2.45) is 0 Å². The van der Waals surface area contributed by atoms with Gasteiger partial charge in [-0.1, -0.05) is 24.3 Å². The van der Waals surface area contributed by atoms with Gasteiger partial charge in [-0.2, -0.15) is 0 Å². The third-order valence-electron chi connectivity index (χ3n) is 5.47. The fraction of sp³-hybridized carbons (Fsp3) is 0.391. The average molecular weight is 394 g/mol. The number of hydrogen-bond donors (Lipinski definition) is 0. The second-order valence-corrected chi connectivity index (χ2v) is 7.49. The van der Waals surface area contributed by atoms with Gasteiger partial charge in [0.05, 0.1) is 31.1 Å². The lowest BCUT2D eigenvalue weighted by Gasteiger charge is -2.32. The van der Waals surface area contributed by atoms with Gasteiger partial charge in [0.1, 0.15) is 5.76 Å². The van der Waals surface area contributed by atoms with E-state index in [2.05, 4.69) is 24.0 Å². The molecule has 0 unspecified atom stereocenters. The standard InChI is InChI=1S/C23H26N2O4/c1-16-6-3-4-7-18(16)15-28-19-9-11-25(12-10-19)22(26)14-20-17(2)29-23(24-20)21-8-5-13-27-21/h3-8,13,19H,9-12,14-15H2,1-2H3. The lowest BCUT2D eigenvalue weighted by molar-refractivity contribution is -0.133. The molecule has 0 atom stereocenters. The van der Waals surface area contributed by atoms with Crippen molar-refractivity contribution in [1.29, 1.82) is 0 Å². The van der Waals surface area contributed by atoms with Crippen LogP contribution in [0, 0.1) is 13.8 Å². The number of rotatable bonds is 6. The van der Waals surface area contributed by atoms with Crippen molar-refractivity contribution in [2.45, 2.75) is 45.8 Å². The average Bonchev–Trinajstić information content (AvgIpc) is 3.38. The van der Waals surface area contributed by atoms with Crippen LogP contribution < -0.4 is 0 Å². The predicted molar refractivity (Wildman–Crippen MR) is 108 cm³/mol. The van der Waals surface area contributed by atoms with E-state index in [0.29, 0.717) is 42.8 Å². The molecule has 0 spiro atoms. The quantitative estimate of drug-likeness (QED) is 0.623. The molecule has 0 bridgehead atoms. The fourth-order valence-corrected chi connectivity index (χ4v) is 3.60. The second kappa shape index (κ2) is 8.66. The van der Waals surface area contributed by atoms with Crippen molar-refractivity contribution in [3.63, 3.8) is 0 Å². The summed E-state index contributed by atoms with van der Waals surface area (Å²) in [5.41, 5.74) is 3.14. The molecule has 0 saturated carbocycles. The zero-order chi connectivity index (χ0) is 20.2. The number of carbonyl (C=O) groups is 1. The van der Waals surface area contributed by atoms with Gasteiger partial charge in [0.15, 0.2) is 5.76 Å². The van der Waals surface area contributed by atoms with Crippen LogP contribution in [-0.4, -0.2) is 35.0 Å². The first-order valence-electron chi connectivity index (χ1n) is 10.0. The molecule has 1 aromatic carbocycles. The zero-order valence-corrected chi connectivity index (χ0v) is 16.9. The van der Waals surface area contributed by atoms with Crippen LogP contribution in [0.15, 0.2) is 51.5 Å². The number of piperidine rings is 1. The van der Waals surface area contributed by atoms with E-state index in [-0.39, 0.29) is 18.4 Å². The molecular formula is C23H26N2O4. The molecule has 1 amide bonds. The Bertz CT molecular complexity index is 953. The number of amides is 1. The summed E-state index contributed by atoms with van der Waals surface area (Å²) < 4.78 is 17.1. The van der Waals surface area contributed by atoms with E-state index in [9.17, 15) is 4.79 Å². The molecule has 1 aliphatic heterocycles. The number of likely N-dealkylation sites (tertiary alicyclic amines) is 1. The SMILES string of the molecule is Cc1ccccc1COC1CCN(C(=O)Cc2nc(-c3ccco3)oc2C)CC1. The van der Waals surface area contributed by atoms with Crippen molar-refractivity contribution in [1.82, 2.24) is 9.88 Å². The molecule has 1 fully saturated rings. The molecule has 1 aliphatic rings. The first kappa shape index (κ1) is 19.5. The van der Waals surface area contributed by atoms with Gasteiger partial charge in [0.2, 0.25) is 5.91 Å². The van der Waals surface area contributed by atoms with Crippen molar-refractivity contribution < 1.29 is 18.4 Å². The highest BCUT2D eigenvalue weighted by Gasteiger charge is 2.25. The van der Waals surface area contributed by atoms with E-state index in [1.54, 1.807) is 18.4 Å². The highest BCUT2D eigenvalue weighted by molar-refractivity contribution is 5.78. The summed E-state index contributed by atoms with van der Waals surface area (Å²) >= 11 is 0. The number of furan rings is 1. The predicted octanol–water partition coefficient (Wildman–Crippen LogP) is 4.30. The molecule has 2 aromatic heterocycles. The minimum atomic E-state index is 0.0738. The summed E-state index contributed by atoms with van der Waals surface area (Å²) in [5.74, 6) is 1.71. The normalized spacial score (nSPS) is 15.0. The van der Waals surface area contributed by atoms with E-state index >= 15 is 0 Å². The van der Waals surface area contributed by atoms with E-state index in [1.165, 1.54) is 11.1 Å². The summed E-state index contributed by atoms with van der Waals surface area (Å²) in [5, 5.41) is 0. The molecule has 29 heavy (non-hydrogen) atoms. The first-order valence-corrected chi connectivity index (χ1v) is 10.0. The summed E-state index contributed by atoms with van der Waals surface area (Å²) in [4.78, 5) is 19.1. The lowest BCUT2D eigenvalue weighted by atomic mass is 10.1. The number of aromatic nitrogens is 1. The summed E-state index contributed by atoms with van der Waals surface area (Å²) in [6.45, 7) is 5.97. The molecule has 6 nitrogen and oxygen atoms in total. The van der Waals surface area contributed by atoms with Crippen LogP contribution in [0.5, 0.6) is 0 Å². The molecular weight excluding hydrogens is 368 g/mol. The Labute approximate surface area is 170 Å². The van der Waals surface area contributed by atoms with Crippen molar-refractivity contribution in [3.05, 3.63) is 65.2 Å².